The Morgan fingerprint density at radius 3 is 2.57 bits per heavy atom. The largest absolute Gasteiger partial charge is 0.319 e. The van der Waals surface area contributed by atoms with Crippen LogP contribution in [0.3, 0.4) is 0 Å². The zero-order valence-corrected chi connectivity index (χ0v) is 18.7. The summed E-state index contributed by atoms with van der Waals surface area (Å²) in [4.78, 5) is 17.4. The van der Waals surface area contributed by atoms with Crippen molar-refractivity contribution in [3.63, 3.8) is 0 Å². The van der Waals surface area contributed by atoms with Crippen LogP contribution in [-0.2, 0) is 0 Å². The molecule has 0 spiro atoms. The molecule has 1 aromatic heterocycles. The Morgan fingerprint density at radius 1 is 1.03 bits per heavy atom. The summed E-state index contributed by atoms with van der Waals surface area (Å²) in [5, 5.41) is 7.98. The first-order valence-corrected chi connectivity index (χ1v) is 10.5. The number of carbonyl (C=O) groups excluding carboxylic acids is 1. The first kappa shape index (κ1) is 20.3. The fraction of sp³-hybridized carbons (Fsp3) is 0.0870. The van der Waals surface area contributed by atoms with Crippen LogP contribution in [0.4, 0.5) is 5.69 Å². The van der Waals surface area contributed by atoms with E-state index in [2.05, 4.69) is 31.3 Å². The third-order valence-electron chi connectivity index (χ3n) is 4.78. The molecule has 0 unspecified atom stereocenters. The summed E-state index contributed by atoms with van der Waals surface area (Å²) in [6, 6.07) is 20.7. The van der Waals surface area contributed by atoms with Gasteiger partial charge in [0.15, 0.2) is 5.82 Å². The van der Waals surface area contributed by atoms with E-state index in [1.807, 2.05) is 74.5 Å². The van der Waals surface area contributed by atoms with Crippen LogP contribution in [0.2, 0.25) is 5.02 Å². The van der Waals surface area contributed by atoms with E-state index in [0.29, 0.717) is 16.5 Å². The fourth-order valence-electron chi connectivity index (χ4n) is 3.11. The van der Waals surface area contributed by atoms with Gasteiger partial charge in [-0.25, -0.2) is 9.67 Å². The van der Waals surface area contributed by atoms with Crippen molar-refractivity contribution in [1.82, 2.24) is 14.8 Å². The minimum Gasteiger partial charge on any atom is -0.319 e. The number of aryl methyl sites for hydroxylation is 1. The summed E-state index contributed by atoms with van der Waals surface area (Å²) in [6.45, 7) is 4.06. The van der Waals surface area contributed by atoms with E-state index in [4.69, 9.17) is 11.6 Å². The molecule has 150 valence electrons. The molecule has 1 amide bonds. The molecule has 4 aromatic rings. The zero-order valence-electron chi connectivity index (χ0n) is 16.4. The molecule has 0 aliphatic rings. The number of halogens is 2. The van der Waals surface area contributed by atoms with Crippen LogP contribution >= 0.6 is 27.5 Å². The molecule has 30 heavy (non-hydrogen) atoms. The molecule has 0 radical (unpaired) electrons. The van der Waals surface area contributed by atoms with Gasteiger partial charge in [-0.1, -0.05) is 57.9 Å². The Hall–Kier alpha value is -2.96. The third kappa shape index (κ3) is 4.15. The van der Waals surface area contributed by atoms with E-state index in [9.17, 15) is 4.79 Å². The molecule has 3 aromatic carbocycles. The summed E-state index contributed by atoms with van der Waals surface area (Å²) in [5.74, 6) is 0.233. The fourth-order valence-corrected chi connectivity index (χ4v) is 3.70. The third-order valence-corrected chi connectivity index (χ3v) is 5.51. The second-order valence-corrected chi connectivity index (χ2v) is 8.22. The minimum absolute atomic E-state index is 0.0749. The lowest BCUT2D eigenvalue weighted by Gasteiger charge is -2.11. The van der Waals surface area contributed by atoms with E-state index in [1.54, 1.807) is 10.7 Å². The monoisotopic (exact) mass is 480 g/mol. The van der Waals surface area contributed by atoms with Gasteiger partial charge in [0.25, 0.3) is 5.91 Å². The lowest BCUT2D eigenvalue weighted by atomic mass is 10.1. The highest BCUT2D eigenvalue weighted by Gasteiger charge is 2.20. The van der Waals surface area contributed by atoms with Crippen LogP contribution in [0.25, 0.3) is 17.1 Å². The smallest absolute Gasteiger partial charge is 0.295 e. The number of nitrogens with zero attached hydrogens (tertiary/aromatic N) is 3. The number of rotatable bonds is 4. The number of nitrogens with one attached hydrogen (secondary N) is 1. The van der Waals surface area contributed by atoms with E-state index < -0.39 is 0 Å². The number of hydrogen-bond acceptors (Lipinski definition) is 3. The molecule has 0 saturated carbocycles. The highest BCUT2D eigenvalue weighted by molar-refractivity contribution is 9.10. The van der Waals surface area contributed by atoms with E-state index >= 15 is 0 Å². The lowest BCUT2D eigenvalue weighted by Crippen LogP contribution is -2.14. The van der Waals surface area contributed by atoms with Gasteiger partial charge >= 0.3 is 0 Å². The van der Waals surface area contributed by atoms with Crippen molar-refractivity contribution in [2.75, 3.05) is 5.32 Å². The van der Waals surface area contributed by atoms with Crippen molar-refractivity contribution in [3.05, 3.63) is 93.2 Å². The number of benzene rings is 3. The molecule has 0 saturated heterocycles. The number of aromatic nitrogens is 3. The SMILES string of the molecule is Cc1cccc(-n2nc(C(=O)Nc3cccc(Br)c3)nc2-c2cccc(Cl)c2)c1C. The predicted octanol–water partition coefficient (Wildman–Crippen LogP) is 6.22. The van der Waals surface area contributed by atoms with Crippen LogP contribution in [0.5, 0.6) is 0 Å². The quantitative estimate of drug-likeness (QED) is 0.376. The summed E-state index contributed by atoms with van der Waals surface area (Å²) < 4.78 is 2.57. The van der Waals surface area contributed by atoms with Crippen molar-refractivity contribution in [1.29, 1.82) is 0 Å². The summed E-state index contributed by atoms with van der Waals surface area (Å²) >= 11 is 9.61. The summed E-state index contributed by atoms with van der Waals surface area (Å²) in [5.41, 5.74) is 4.47. The maximum absolute atomic E-state index is 12.9. The number of carbonyl (C=O) groups is 1. The van der Waals surface area contributed by atoms with Gasteiger partial charge in [-0.3, -0.25) is 4.79 Å². The Labute approximate surface area is 187 Å². The van der Waals surface area contributed by atoms with Crippen LogP contribution < -0.4 is 5.32 Å². The average molecular weight is 482 g/mol. The standard InChI is InChI=1S/C23H18BrClN4O/c1-14-6-3-11-20(15(14)2)29-22(16-7-4-9-18(25)12-16)27-21(28-29)23(30)26-19-10-5-8-17(24)13-19/h3-13H,1-2H3,(H,26,30). The first-order valence-electron chi connectivity index (χ1n) is 9.29. The number of hydrogen-bond donors (Lipinski definition) is 1. The Morgan fingerprint density at radius 2 is 1.80 bits per heavy atom. The topological polar surface area (TPSA) is 59.8 Å². The van der Waals surface area contributed by atoms with Gasteiger partial charge in [-0.05, 0) is 61.4 Å². The summed E-state index contributed by atoms with van der Waals surface area (Å²) in [7, 11) is 0. The molecule has 5 nitrogen and oxygen atoms in total. The van der Waals surface area contributed by atoms with Crippen molar-refractivity contribution >= 4 is 39.1 Å². The van der Waals surface area contributed by atoms with E-state index in [-0.39, 0.29) is 11.7 Å². The van der Waals surface area contributed by atoms with Crippen LogP contribution in [0.1, 0.15) is 21.7 Å². The zero-order chi connectivity index (χ0) is 21.3. The van der Waals surface area contributed by atoms with Gasteiger partial charge in [0.2, 0.25) is 5.82 Å². The molecule has 0 atom stereocenters. The average Bonchev–Trinajstić information content (AvgIpc) is 3.15. The molecule has 0 aliphatic heterocycles. The molecular weight excluding hydrogens is 464 g/mol. The molecular formula is C23H18BrClN4O. The highest BCUT2D eigenvalue weighted by Crippen LogP contribution is 2.26. The molecule has 0 aliphatic carbocycles. The van der Waals surface area contributed by atoms with Crippen molar-refractivity contribution in [2.45, 2.75) is 13.8 Å². The van der Waals surface area contributed by atoms with Crippen LogP contribution in [0.15, 0.2) is 71.2 Å². The van der Waals surface area contributed by atoms with Crippen molar-refractivity contribution in [2.24, 2.45) is 0 Å². The van der Waals surface area contributed by atoms with E-state index in [0.717, 1.165) is 26.9 Å². The maximum atomic E-state index is 12.9. The van der Waals surface area contributed by atoms with Crippen molar-refractivity contribution < 1.29 is 4.79 Å². The van der Waals surface area contributed by atoms with Gasteiger partial charge in [0.1, 0.15) is 0 Å². The predicted molar refractivity (Wildman–Crippen MR) is 123 cm³/mol. The van der Waals surface area contributed by atoms with Gasteiger partial charge in [0.05, 0.1) is 5.69 Å². The number of amides is 1. The second kappa shape index (κ2) is 8.42. The molecule has 7 heteroatoms. The van der Waals surface area contributed by atoms with Gasteiger partial charge < -0.3 is 5.32 Å². The minimum atomic E-state index is -0.388. The van der Waals surface area contributed by atoms with Gasteiger partial charge in [-0.15, -0.1) is 5.10 Å². The molecule has 0 bridgehead atoms. The van der Waals surface area contributed by atoms with Crippen molar-refractivity contribution in [3.8, 4) is 17.1 Å². The van der Waals surface area contributed by atoms with Gasteiger partial charge in [0, 0.05) is 20.7 Å². The molecule has 0 fully saturated rings. The molecule has 4 rings (SSSR count). The second-order valence-electron chi connectivity index (χ2n) is 6.86. The maximum Gasteiger partial charge on any atom is 0.295 e. The van der Waals surface area contributed by atoms with Crippen LogP contribution in [-0.4, -0.2) is 20.7 Å². The normalized spacial score (nSPS) is 10.8. The number of anilines is 1. The lowest BCUT2D eigenvalue weighted by molar-refractivity contribution is 0.101. The van der Waals surface area contributed by atoms with Gasteiger partial charge in [-0.2, -0.15) is 0 Å². The molecule has 1 N–H and O–H groups in total. The van der Waals surface area contributed by atoms with E-state index in [1.165, 1.54) is 0 Å². The summed E-state index contributed by atoms with van der Waals surface area (Å²) in [6.07, 6.45) is 0. The Bertz CT molecular complexity index is 1250. The van der Waals surface area contributed by atoms with Crippen LogP contribution in [0, 0.1) is 13.8 Å². The molecule has 1 heterocycles. The highest BCUT2D eigenvalue weighted by atomic mass is 79.9. The first-order chi connectivity index (χ1) is 14.4. The Kier molecular flexibility index (Phi) is 5.70. The Balaban J connectivity index is 1.81.